The molecule has 0 fully saturated rings. The van der Waals surface area contributed by atoms with Crippen LogP contribution in [0.4, 0.5) is 0 Å². The lowest BCUT2D eigenvalue weighted by Gasteiger charge is -2.07. The summed E-state index contributed by atoms with van der Waals surface area (Å²) in [6.07, 6.45) is 1.99. The first-order chi connectivity index (χ1) is 9.04. The Balaban J connectivity index is 2.35. The van der Waals surface area contributed by atoms with Gasteiger partial charge in [-0.2, -0.15) is 0 Å². The van der Waals surface area contributed by atoms with Crippen molar-refractivity contribution in [3.8, 4) is 0 Å². The molecule has 0 aromatic heterocycles. The van der Waals surface area contributed by atoms with Crippen LogP contribution in [0.5, 0.6) is 0 Å². The lowest BCUT2D eigenvalue weighted by Crippen LogP contribution is -2.25. The molecule has 0 bridgehead atoms. The highest BCUT2D eigenvalue weighted by molar-refractivity contribution is 9.10. The number of nitrogens with two attached hydrogens (primary N) is 1. The summed E-state index contributed by atoms with van der Waals surface area (Å²) in [6, 6.07) is 5.10. The Bertz CT molecular complexity index is 480. The quantitative estimate of drug-likeness (QED) is 0.243. The van der Waals surface area contributed by atoms with Crippen LogP contribution in [0, 0.1) is 0 Å². The van der Waals surface area contributed by atoms with Crippen LogP contribution < -0.4 is 11.1 Å². The first-order valence-corrected chi connectivity index (χ1v) is 6.91. The fourth-order valence-electron chi connectivity index (χ4n) is 1.45. The van der Waals surface area contributed by atoms with Gasteiger partial charge >= 0.3 is 0 Å². The van der Waals surface area contributed by atoms with Crippen molar-refractivity contribution in [1.29, 1.82) is 0 Å². The van der Waals surface area contributed by atoms with Crippen molar-refractivity contribution >= 4 is 39.3 Å². The molecule has 0 aliphatic carbocycles. The summed E-state index contributed by atoms with van der Waals surface area (Å²) in [5.41, 5.74) is 5.78. The summed E-state index contributed by atoms with van der Waals surface area (Å²) in [5.74, 6) is -0.0106. The van der Waals surface area contributed by atoms with Crippen molar-refractivity contribution in [2.75, 3.05) is 6.54 Å². The molecule has 0 spiro atoms. The summed E-state index contributed by atoms with van der Waals surface area (Å²) in [4.78, 5) is 11.8. The average molecular weight is 349 g/mol. The van der Waals surface area contributed by atoms with E-state index in [2.05, 4.69) is 26.4 Å². The fraction of sp³-hybridized carbons (Fsp3) is 0.333. The smallest absolute Gasteiger partial charge is 0.252 e. The number of carbonyl (C=O) groups excluding carboxylic acids is 1. The molecule has 4 N–H and O–H groups in total. The van der Waals surface area contributed by atoms with Gasteiger partial charge in [0.2, 0.25) is 0 Å². The van der Waals surface area contributed by atoms with E-state index in [0.29, 0.717) is 23.6 Å². The highest BCUT2D eigenvalue weighted by atomic mass is 79.9. The zero-order valence-corrected chi connectivity index (χ0v) is 12.5. The third kappa shape index (κ3) is 5.48. The zero-order valence-electron chi connectivity index (χ0n) is 10.2. The number of hydrogen-bond acceptors (Lipinski definition) is 3. The number of unbranched alkanes of at least 4 members (excludes halogenated alkanes) is 1. The van der Waals surface area contributed by atoms with Crippen LogP contribution in [-0.4, -0.2) is 23.5 Å². The van der Waals surface area contributed by atoms with E-state index in [-0.39, 0.29) is 11.7 Å². The largest absolute Gasteiger partial charge is 0.409 e. The number of nitrogens with zero attached hydrogens (tertiary/aromatic N) is 1. The molecule has 1 amide bonds. The van der Waals surface area contributed by atoms with E-state index < -0.39 is 0 Å². The molecule has 5 nitrogen and oxygen atoms in total. The molecular formula is C12H15BrClN3O2. The van der Waals surface area contributed by atoms with Crippen LogP contribution in [0.3, 0.4) is 0 Å². The molecule has 0 atom stereocenters. The second-order valence-corrected chi connectivity index (χ2v) is 5.25. The van der Waals surface area contributed by atoms with Crippen molar-refractivity contribution in [3.05, 3.63) is 33.3 Å². The molecule has 0 radical (unpaired) electrons. The number of benzene rings is 1. The van der Waals surface area contributed by atoms with Crippen molar-refractivity contribution in [2.45, 2.75) is 19.3 Å². The molecule has 0 unspecified atom stereocenters. The maximum absolute atomic E-state index is 11.8. The minimum atomic E-state index is -0.207. The zero-order chi connectivity index (χ0) is 14.3. The van der Waals surface area contributed by atoms with Gasteiger partial charge in [0.05, 0.1) is 10.6 Å². The Hall–Kier alpha value is -1.27. The number of rotatable bonds is 6. The van der Waals surface area contributed by atoms with Gasteiger partial charge < -0.3 is 16.3 Å². The first-order valence-electron chi connectivity index (χ1n) is 5.74. The Morgan fingerprint density at radius 3 is 2.84 bits per heavy atom. The Kier molecular flexibility index (Phi) is 6.66. The lowest BCUT2D eigenvalue weighted by atomic mass is 10.2. The van der Waals surface area contributed by atoms with Gasteiger partial charge in [-0.3, -0.25) is 4.79 Å². The summed E-state index contributed by atoms with van der Waals surface area (Å²) in [5, 5.41) is 14.4. The first kappa shape index (κ1) is 15.8. The number of halogens is 2. The third-order valence-electron chi connectivity index (χ3n) is 2.45. The highest BCUT2D eigenvalue weighted by Crippen LogP contribution is 2.21. The van der Waals surface area contributed by atoms with Crippen molar-refractivity contribution in [2.24, 2.45) is 10.9 Å². The third-order valence-corrected chi connectivity index (χ3v) is 3.26. The molecule has 1 rings (SSSR count). The highest BCUT2D eigenvalue weighted by Gasteiger charge is 2.09. The van der Waals surface area contributed by atoms with E-state index in [4.69, 9.17) is 22.5 Å². The van der Waals surface area contributed by atoms with Gasteiger partial charge in [-0.1, -0.05) is 32.7 Å². The molecule has 1 aromatic carbocycles. The number of carbonyl (C=O) groups is 1. The summed E-state index contributed by atoms with van der Waals surface area (Å²) in [7, 11) is 0. The number of amides is 1. The predicted molar refractivity (Wildman–Crippen MR) is 78.7 cm³/mol. The second-order valence-electron chi connectivity index (χ2n) is 3.93. The Morgan fingerprint density at radius 2 is 2.21 bits per heavy atom. The molecular weight excluding hydrogens is 334 g/mol. The van der Waals surface area contributed by atoms with E-state index >= 15 is 0 Å². The molecule has 7 heteroatoms. The van der Waals surface area contributed by atoms with Gasteiger partial charge in [-0.15, -0.1) is 0 Å². The van der Waals surface area contributed by atoms with E-state index in [1.165, 1.54) is 0 Å². The summed E-state index contributed by atoms with van der Waals surface area (Å²) >= 11 is 9.25. The number of nitrogens with one attached hydrogen (secondary N) is 1. The minimum Gasteiger partial charge on any atom is -0.409 e. The van der Waals surface area contributed by atoms with E-state index in [9.17, 15) is 4.79 Å². The van der Waals surface area contributed by atoms with E-state index in [1.54, 1.807) is 18.2 Å². The second kappa shape index (κ2) is 8.01. The molecule has 0 heterocycles. The van der Waals surface area contributed by atoms with Gasteiger partial charge in [-0.25, -0.2) is 0 Å². The normalized spacial score (nSPS) is 11.4. The van der Waals surface area contributed by atoms with Gasteiger partial charge in [0.1, 0.15) is 5.84 Å². The molecule has 0 saturated heterocycles. The van der Waals surface area contributed by atoms with Crippen LogP contribution in [0.2, 0.25) is 5.02 Å². The van der Waals surface area contributed by atoms with Crippen LogP contribution in [-0.2, 0) is 0 Å². The SMILES string of the molecule is NC(CCCCNC(=O)c1ccc(Br)cc1Cl)=NO. The van der Waals surface area contributed by atoms with E-state index in [0.717, 1.165) is 17.3 Å². The molecule has 19 heavy (non-hydrogen) atoms. The van der Waals surface area contributed by atoms with Crippen LogP contribution in [0.1, 0.15) is 29.6 Å². The lowest BCUT2D eigenvalue weighted by molar-refractivity contribution is 0.0953. The fourth-order valence-corrected chi connectivity index (χ4v) is 2.21. The molecule has 1 aromatic rings. The summed E-state index contributed by atoms with van der Waals surface area (Å²) < 4.78 is 0.827. The number of oxime groups is 1. The Morgan fingerprint density at radius 1 is 1.47 bits per heavy atom. The van der Waals surface area contributed by atoms with Crippen molar-refractivity contribution in [1.82, 2.24) is 5.32 Å². The standard InChI is InChI=1S/C12H15BrClN3O2/c13-8-4-5-9(10(14)7-8)12(18)16-6-2-1-3-11(15)17-19/h4-5,7,19H,1-3,6H2,(H2,15,17)(H,16,18). The Labute approximate surface area is 124 Å². The van der Waals surface area contributed by atoms with Crippen LogP contribution >= 0.6 is 27.5 Å². The van der Waals surface area contributed by atoms with Gasteiger partial charge in [-0.05, 0) is 31.0 Å². The number of hydrogen-bond donors (Lipinski definition) is 3. The van der Waals surface area contributed by atoms with Gasteiger partial charge in [0, 0.05) is 17.4 Å². The van der Waals surface area contributed by atoms with E-state index in [1.807, 2.05) is 0 Å². The van der Waals surface area contributed by atoms with Gasteiger partial charge in [0.15, 0.2) is 0 Å². The maximum atomic E-state index is 11.8. The molecule has 0 aliphatic heterocycles. The number of amidine groups is 1. The van der Waals surface area contributed by atoms with Crippen LogP contribution in [0.15, 0.2) is 27.8 Å². The predicted octanol–water partition coefficient (Wildman–Crippen LogP) is 2.75. The maximum Gasteiger partial charge on any atom is 0.252 e. The molecule has 0 aliphatic rings. The molecule has 0 saturated carbocycles. The van der Waals surface area contributed by atoms with Gasteiger partial charge in [0.25, 0.3) is 5.91 Å². The minimum absolute atomic E-state index is 0.197. The topological polar surface area (TPSA) is 87.7 Å². The average Bonchev–Trinajstić information content (AvgIpc) is 2.37. The summed E-state index contributed by atoms with van der Waals surface area (Å²) in [6.45, 7) is 0.518. The van der Waals surface area contributed by atoms with Crippen molar-refractivity contribution < 1.29 is 10.0 Å². The van der Waals surface area contributed by atoms with Crippen molar-refractivity contribution in [3.63, 3.8) is 0 Å². The van der Waals surface area contributed by atoms with Crippen LogP contribution in [0.25, 0.3) is 0 Å². The molecule has 104 valence electrons. The monoisotopic (exact) mass is 347 g/mol.